The highest BCUT2D eigenvalue weighted by Gasteiger charge is 2.62. The van der Waals surface area contributed by atoms with Gasteiger partial charge in [0.05, 0.1) is 31.0 Å². The standard InChI is InChI=1S/C42H55N5O10S/c1-4-27-22-42(27,40(50)46-58(52,53)30-15-16-30)45-38(48)33-19-29-23-47(33)39(49)37(25-10-6-7-11-25)44-41(51)57-28-14-13-24(17-28)9-8-12-26-18-31-32(20-34(26)54-3)43-36(55-5-2)21-35(31)56-29/h4,18,20-21,24-25,27-30,33,37H,1,5-17,19,22-23H2,2-3H3,(H,44,51)(H,45,48)(H,46,50)/t24?,27-,28-,29-,33+,37+,42-/m1/s1. The van der Waals surface area contributed by atoms with Crippen molar-refractivity contribution in [2.45, 2.75) is 132 Å². The Labute approximate surface area is 339 Å². The number of nitrogens with zero attached hydrogens (tertiary/aromatic N) is 2. The van der Waals surface area contributed by atoms with Crippen molar-refractivity contribution in [3.8, 4) is 17.4 Å². The van der Waals surface area contributed by atoms with Crippen LogP contribution in [0.1, 0.15) is 96.0 Å². The van der Waals surface area contributed by atoms with Gasteiger partial charge < -0.3 is 34.5 Å². The summed E-state index contributed by atoms with van der Waals surface area (Å²) >= 11 is 0. The number of aryl methyl sites for hydroxylation is 1. The lowest BCUT2D eigenvalue weighted by Gasteiger charge is -2.32. The number of fused-ring (bicyclic) bond motifs is 5. The number of hydrogen-bond donors (Lipinski definition) is 3. The van der Waals surface area contributed by atoms with E-state index in [1.165, 1.54) is 11.0 Å². The van der Waals surface area contributed by atoms with Crippen molar-refractivity contribution in [1.29, 1.82) is 0 Å². The van der Waals surface area contributed by atoms with E-state index in [0.29, 0.717) is 48.3 Å². The molecule has 8 rings (SSSR count). The molecule has 0 spiro atoms. The fraction of sp³-hybridized carbons (Fsp3) is 0.643. The number of hydrogen-bond acceptors (Lipinski definition) is 11. The lowest BCUT2D eigenvalue weighted by Crippen LogP contribution is -2.59. The van der Waals surface area contributed by atoms with E-state index in [2.05, 4.69) is 21.9 Å². The molecule has 1 unspecified atom stereocenters. The Morgan fingerprint density at radius 1 is 1.03 bits per heavy atom. The minimum Gasteiger partial charge on any atom is -0.496 e. The van der Waals surface area contributed by atoms with Crippen LogP contribution in [0.3, 0.4) is 0 Å². The van der Waals surface area contributed by atoms with Gasteiger partial charge in [-0.05, 0) is 101 Å². The zero-order chi connectivity index (χ0) is 40.8. The van der Waals surface area contributed by atoms with Crippen LogP contribution in [0, 0.1) is 17.8 Å². The summed E-state index contributed by atoms with van der Waals surface area (Å²) in [6, 6.07) is 3.56. The maximum Gasteiger partial charge on any atom is 0.408 e. The number of pyridine rings is 1. The van der Waals surface area contributed by atoms with Gasteiger partial charge in [0.2, 0.25) is 27.7 Å². The molecule has 3 heterocycles. The lowest BCUT2D eigenvalue weighted by molar-refractivity contribution is -0.142. The number of carbonyl (C=O) groups is 4. The van der Waals surface area contributed by atoms with Crippen LogP contribution in [0.2, 0.25) is 0 Å². The molecular weight excluding hydrogens is 767 g/mol. The van der Waals surface area contributed by atoms with Gasteiger partial charge in [-0.2, -0.15) is 0 Å². The summed E-state index contributed by atoms with van der Waals surface area (Å²) in [5.41, 5.74) is 0.0438. The molecule has 16 heteroatoms. The predicted molar refractivity (Wildman–Crippen MR) is 213 cm³/mol. The zero-order valence-corrected chi connectivity index (χ0v) is 34.2. The first-order valence-corrected chi connectivity index (χ1v) is 22.5. The normalized spacial score (nSPS) is 30.3. The minimum absolute atomic E-state index is 0.00187. The summed E-state index contributed by atoms with van der Waals surface area (Å²) < 4.78 is 52.2. The van der Waals surface area contributed by atoms with Gasteiger partial charge in [0, 0.05) is 29.9 Å². The molecule has 1 saturated heterocycles. The molecule has 1 aromatic carbocycles. The first kappa shape index (κ1) is 40.2. The number of aromatic nitrogens is 1. The van der Waals surface area contributed by atoms with Gasteiger partial charge in [0.15, 0.2) is 0 Å². The molecule has 4 aliphatic carbocycles. The molecule has 7 atom stereocenters. The maximum absolute atomic E-state index is 14.9. The maximum atomic E-state index is 14.9. The summed E-state index contributed by atoms with van der Waals surface area (Å²) in [5.74, 6) is -0.675. The second-order valence-electron chi connectivity index (χ2n) is 17.0. The minimum atomic E-state index is -3.90. The Balaban J connectivity index is 1.15. The first-order valence-electron chi connectivity index (χ1n) is 21.0. The van der Waals surface area contributed by atoms with E-state index >= 15 is 0 Å². The third-order valence-electron chi connectivity index (χ3n) is 13.1. The van der Waals surface area contributed by atoms with Gasteiger partial charge in [0.1, 0.15) is 41.3 Å². The van der Waals surface area contributed by atoms with Crippen LogP contribution in [0.5, 0.6) is 17.4 Å². The van der Waals surface area contributed by atoms with E-state index in [1.54, 1.807) is 13.2 Å². The van der Waals surface area contributed by atoms with Crippen LogP contribution < -0.4 is 29.6 Å². The topological polar surface area (TPSA) is 192 Å². The average Bonchev–Trinajstić information content (AvgIpc) is 3.98. The van der Waals surface area contributed by atoms with Crippen molar-refractivity contribution in [2.24, 2.45) is 17.8 Å². The predicted octanol–water partition coefficient (Wildman–Crippen LogP) is 4.45. The second kappa shape index (κ2) is 16.2. The smallest absolute Gasteiger partial charge is 0.408 e. The van der Waals surface area contributed by atoms with Crippen LogP contribution >= 0.6 is 0 Å². The number of amides is 4. The van der Waals surface area contributed by atoms with Gasteiger partial charge in [0.25, 0.3) is 5.91 Å². The van der Waals surface area contributed by atoms with E-state index < -0.39 is 68.7 Å². The van der Waals surface area contributed by atoms with Crippen molar-refractivity contribution < 1.29 is 46.5 Å². The summed E-state index contributed by atoms with van der Waals surface area (Å²) in [6.07, 6.45) is 9.33. The highest BCUT2D eigenvalue weighted by molar-refractivity contribution is 7.91. The van der Waals surface area contributed by atoms with Gasteiger partial charge >= 0.3 is 6.09 Å². The molecule has 0 radical (unpaired) electrons. The quantitative estimate of drug-likeness (QED) is 0.287. The van der Waals surface area contributed by atoms with E-state index in [1.807, 2.05) is 19.1 Å². The monoisotopic (exact) mass is 821 g/mol. The summed E-state index contributed by atoms with van der Waals surface area (Å²) in [6.45, 7) is 6.04. The number of carbonyl (C=O) groups excluding carboxylic acids is 4. The highest BCUT2D eigenvalue weighted by atomic mass is 32.2. The molecule has 1 aromatic heterocycles. The third kappa shape index (κ3) is 8.17. The number of sulfonamides is 1. The SMILES string of the molecule is C=C[C@@H]1C[C@]1(NC(=O)[C@@H]1C[C@@H]2CN1C(=O)[C@H](C1CCCC1)NC(=O)O[C@@H]1CCC(CCCc3cc4c(cc(OCC)nc4cc3OC)O2)C1)C(=O)NS(=O)(=O)C1CC1. The average molecular weight is 822 g/mol. The molecule has 3 N–H and O–H groups in total. The van der Waals surface area contributed by atoms with Gasteiger partial charge in [-0.1, -0.05) is 18.9 Å². The Hall–Kier alpha value is -4.60. The Bertz CT molecular complexity index is 2070. The largest absolute Gasteiger partial charge is 0.496 e. The van der Waals surface area contributed by atoms with Gasteiger partial charge in [-0.25, -0.2) is 18.2 Å². The highest BCUT2D eigenvalue weighted by Crippen LogP contribution is 2.46. The fourth-order valence-corrected chi connectivity index (χ4v) is 11.0. The van der Waals surface area contributed by atoms with Crippen LogP contribution in [0.4, 0.5) is 4.79 Å². The molecule has 6 aliphatic rings. The van der Waals surface area contributed by atoms with Gasteiger partial charge in [-0.15, -0.1) is 6.58 Å². The number of ether oxygens (including phenoxy) is 4. The molecule has 58 heavy (non-hydrogen) atoms. The summed E-state index contributed by atoms with van der Waals surface area (Å²) in [5, 5.41) is 5.88. The van der Waals surface area contributed by atoms with E-state index in [-0.39, 0.29) is 31.4 Å². The number of methoxy groups -OCH3 is 1. The Kier molecular flexibility index (Phi) is 11.2. The van der Waals surface area contributed by atoms with Crippen LogP contribution in [0.15, 0.2) is 30.9 Å². The molecular formula is C42H55N5O10S. The zero-order valence-electron chi connectivity index (χ0n) is 33.3. The Morgan fingerprint density at radius 2 is 1.83 bits per heavy atom. The first-order chi connectivity index (χ1) is 27.9. The van der Waals surface area contributed by atoms with Crippen molar-refractivity contribution in [3.05, 3.63) is 36.4 Å². The molecule has 314 valence electrons. The number of benzene rings is 1. The van der Waals surface area contributed by atoms with E-state index in [0.717, 1.165) is 75.2 Å². The van der Waals surface area contributed by atoms with Crippen molar-refractivity contribution in [1.82, 2.24) is 25.2 Å². The van der Waals surface area contributed by atoms with Crippen LogP contribution in [-0.4, -0.2) is 97.5 Å². The van der Waals surface area contributed by atoms with Crippen LogP contribution in [0.25, 0.3) is 10.9 Å². The van der Waals surface area contributed by atoms with Crippen molar-refractivity contribution in [3.63, 3.8) is 0 Å². The van der Waals surface area contributed by atoms with E-state index in [9.17, 15) is 27.6 Å². The Morgan fingerprint density at radius 3 is 2.53 bits per heavy atom. The molecule has 5 fully saturated rings. The van der Waals surface area contributed by atoms with Gasteiger partial charge in [-0.3, -0.25) is 19.1 Å². The molecule has 6 bridgehead atoms. The molecule has 4 saturated carbocycles. The summed E-state index contributed by atoms with van der Waals surface area (Å²) in [4.78, 5) is 62.9. The van der Waals surface area contributed by atoms with E-state index in [4.69, 9.17) is 23.9 Å². The third-order valence-corrected chi connectivity index (χ3v) is 14.9. The molecule has 15 nitrogen and oxygen atoms in total. The summed E-state index contributed by atoms with van der Waals surface area (Å²) in [7, 11) is -2.27. The molecule has 2 aliphatic heterocycles. The van der Waals surface area contributed by atoms with Crippen LogP contribution in [-0.2, 0) is 35.6 Å². The van der Waals surface area contributed by atoms with Crippen molar-refractivity contribution >= 4 is 44.7 Å². The second-order valence-corrected chi connectivity index (χ2v) is 19.0. The fourth-order valence-electron chi connectivity index (χ4n) is 9.67. The van der Waals surface area contributed by atoms with Crippen molar-refractivity contribution in [2.75, 3.05) is 20.3 Å². The molecule has 2 aromatic rings. The lowest BCUT2D eigenvalue weighted by atomic mass is 9.96. The number of nitrogens with one attached hydrogen (secondary N) is 3. The molecule has 4 amide bonds. The number of rotatable bonds is 10. The number of alkyl carbamates (subject to hydrolysis) is 1.